The van der Waals surface area contributed by atoms with Gasteiger partial charge in [-0.25, -0.2) is 0 Å². The monoisotopic (exact) mass is 337 g/mol. The van der Waals surface area contributed by atoms with E-state index in [1.807, 2.05) is 6.07 Å². The summed E-state index contributed by atoms with van der Waals surface area (Å²) in [5.41, 5.74) is 1.02. The van der Waals surface area contributed by atoms with Crippen LogP contribution in [0.4, 0.5) is 0 Å². The van der Waals surface area contributed by atoms with Crippen molar-refractivity contribution in [3.05, 3.63) is 17.5 Å². The van der Waals surface area contributed by atoms with Gasteiger partial charge in [-0.1, -0.05) is 19.0 Å². The molecule has 7 nitrogen and oxygen atoms in total. The number of ether oxygens (including phenoxy) is 1. The first-order valence-electron chi connectivity index (χ1n) is 8.65. The fourth-order valence-electron chi connectivity index (χ4n) is 2.66. The Balaban J connectivity index is 1.81. The van der Waals surface area contributed by atoms with Crippen molar-refractivity contribution in [3.8, 4) is 0 Å². The van der Waals surface area contributed by atoms with E-state index in [0.29, 0.717) is 12.5 Å². The fraction of sp³-hybridized carbons (Fsp3) is 0.765. The molecule has 7 heteroatoms. The third-order valence-corrected chi connectivity index (χ3v) is 4.38. The van der Waals surface area contributed by atoms with Crippen molar-refractivity contribution >= 4 is 5.96 Å². The summed E-state index contributed by atoms with van der Waals surface area (Å²) in [5.74, 6) is 1.95. The van der Waals surface area contributed by atoms with Crippen LogP contribution < -0.4 is 10.6 Å². The Kier molecular flexibility index (Phi) is 6.62. The summed E-state index contributed by atoms with van der Waals surface area (Å²) in [6, 6.07) is 1.99. The summed E-state index contributed by atoms with van der Waals surface area (Å²) >= 11 is 0. The molecule has 0 atom stereocenters. The van der Waals surface area contributed by atoms with Crippen molar-refractivity contribution in [2.45, 2.75) is 45.7 Å². The van der Waals surface area contributed by atoms with Gasteiger partial charge in [0.25, 0.3) is 0 Å². The zero-order valence-electron chi connectivity index (χ0n) is 15.6. The van der Waals surface area contributed by atoms with Gasteiger partial charge in [0.05, 0.1) is 25.5 Å². The first-order valence-corrected chi connectivity index (χ1v) is 8.65. The number of nitrogens with zero attached hydrogens (tertiary/aromatic N) is 3. The second kappa shape index (κ2) is 8.48. The third-order valence-electron chi connectivity index (χ3n) is 4.38. The van der Waals surface area contributed by atoms with Crippen LogP contribution in [0.25, 0.3) is 0 Å². The Morgan fingerprint density at radius 1 is 1.33 bits per heavy atom. The maximum atomic E-state index is 5.43. The van der Waals surface area contributed by atoms with Crippen LogP contribution in [0.5, 0.6) is 0 Å². The molecule has 0 bridgehead atoms. The van der Waals surface area contributed by atoms with Crippen molar-refractivity contribution in [1.29, 1.82) is 0 Å². The van der Waals surface area contributed by atoms with E-state index in [0.717, 1.165) is 50.3 Å². The molecule has 0 saturated carbocycles. The van der Waals surface area contributed by atoms with Crippen molar-refractivity contribution in [1.82, 2.24) is 20.7 Å². The highest BCUT2D eigenvalue weighted by Gasteiger charge is 2.28. The highest BCUT2D eigenvalue weighted by atomic mass is 16.5. The molecular weight excluding hydrogens is 306 g/mol. The number of morpholine rings is 1. The van der Waals surface area contributed by atoms with Crippen molar-refractivity contribution < 1.29 is 9.26 Å². The minimum absolute atomic E-state index is 0.0401. The molecule has 2 rings (SSSR count). The van der Waals surface area contributed by atoms with E-state index in [1.165, 1.54) is 0 Å². The first kappa shape index (κ1) is 18.7. The van der Waals surface area contributed by atoms with Crippen LogP contribution in [0.3, 0.4) is 0 Å². The molecule has 1 aliphatic rings. The Labute approximate surface area is 144 Å². The average molecular weight is 337 g/mol. The van der Waals surface area contributed by atoms with Gasteiger partial charge in [0.1, 0.15) is 0 Å². The third kappa shape index (κ3) is 5.21. The Morgan fingerprint density at radius 3 is 2.62 bits per heavy atom. The predicted molar refractivity (Wildman–Crippen MR) is 95.3 cm³/mol. The van der Waals surface area contributed by atoms with Crippen LogP contribution in [0.1, 0.15) is 45.1 Å². The second-order valence-electron chi connectivity index (χ2n) is 7.06. The van der Waals surface area contributed by atoms with Gasteiger partial charge in [-0.15, -0.1) is 0 Å². The highest BCUT2D eigenvalue weighted by Crippen LogP contribution is 2.15. The van der Waals surface area contributed by atoms with Gasteiger partial charge in [-0.3, -0.25) is 9.89 Å². The van der Waals surface area contributed by atoms with Gasteiger partial charge in [-0.2, -0.15) is 0 Å². The predicted octanol–water partition coefficient (Wildman–Crippen LogP) is 1.57. The first-order chi connectivity index (χ1) is 11.4. The summed E-state index contributed by atoms with van der Waals surface area (Å²) in [5, 5.41) is 10.7. The van der Waals surface area contributed by atoms with Crippen LogP contribution >= 0.6 is 0 Å². The minimum atomic E-state index is 0.0401. The SMILES string of the molecule is CN=C(NCc1cc(C(C)C)no1)NCC(C)(C)N1CCOCC1. The molecule has 0 spiro atoms. The smallest absolute Gasteiger partial charge is 0.191 e. The minimum Gasteiger partial charge on any atom is -0.379 e. The van der Waals surface area contributed by atoms with E-state index in [2.05, 4.69) is 53.4 Å². The van der Waals surface area contributed by atoms with E-state index < -0.39 is 0 Å². The molecule has 0 aliphatic carbocycles. The molecule has 1 aliphatic heterocycles. The van der Waals surface area contributed by atoms with Gasteiger partial charge < -0.3 is 19.9 Å². The van der Waals surface area contributed by atoms with Crippen LogP contribution in [0.15, 0.2) is 15.6 Å². The van der Waals surface area contributed by atoms with E-state index >= 15 is 0 Å². The molecule has 2 N–H and O–H groups in total. The lowest BCUT2D eigenvalue weighted by Crippen LogP contribution is -2.56. The standard InChI is InChI=1S/C17H31N5O2/c1-13(2)15-10-14(24-21-15)11-19-16(18-5)20-12-17(3,4)22-6-8-23-9-7-22/h10,13H,6-9,11-12H2,1-5H3,(H2,18,19,20). The Hall–Kier alpha value is -1.60. The van der Waals surface area contributed by atoms with E-state index in [4.69, 9.17) is 9.26 Å². The van der Waals surface area contributed by atoms with Crippen molar-refractivity contribution in [2.75, 3.05) is 39.9 Å². The zero-order chi connectivity index (χ0) is 17.6. The normalized spacial score (nSPS) is 17.3. The lowest BCUT2D eigenvalue weighted by Gasteiger charge is -2.41. The van der Waals surface area contributed by atoms with E-state index in [1.54, 1.807) is 7.05 Å². The number of hydrogen-bond donors (Lipinski definition) is 2. The number of guanidine groups is 1. The molecule has 2 heterocycles. The number of hydrogen-bond acceptors (Lipinski definition) is 5. The van der Waals surface area contributed by atoms with Crippen LogP contribution in [0, 0.1) is 0 Å². The molecule has 1 aromatic rings. The molecular formula is C17H31N5O2. The van der Waals surface area contributed by atoms with Gasteiger partial charge in [0.2, 0.25) is 0 Å². The summed E-state index contributed by atoms with van der Waals surface area (Å²) in [4.78, 5) is 6.73. The van der Waals surface area contributed by atoms with E-state index in [-0.39, 0.29) is 5.54 Å². The number of rotatable bonds is 6. The number of aromatic nitrogens is 1. The largest absolute Gasteiger partial charge is 0.379 e. The van der Waals surface area contributed by atoms with Gasteiger partial charge >= 0.3 is 0 Å². The van der Waals surface area contributed by atoms with Gasteiger partial charge in [-0.05, 0) is 19.8 Å². The Morgan fingerprint density at radius 2 is 2.04 bits per heavy atom. The Bertz CT molecular complexity index is 533. The van der Waals surface area contributed by atoms with Gasteiger partial charge in [0, 0.05) is 38.3 Å². The molecule has 1 saturated heterocycles. The fourth-order valence-corrected chi connectivity index (χ4v) is 2.66. The summed E-state index contributed by atoms with van der Waals surface area (Å²) in [6.45, 7) is 13.6. The lowest BCUT2D eigenvalue weighted by molar-refractivity contribution is -0.00834. The lowest BCUT2D eigenvalue weighted by atomic mass is 10.0. The molecule has 24 heavy (non-hydrogen) atoms. The second-order valence-corrected chi connectivity index (χ2v) is 7.06. The summed E-state index contributed by atoms with van der Waals surface area (Å²) in [6.07, 6.45) is 0. The maximum absolute atomic E-state index is 5.43. The van der Waals surface area contributed by atoms with Crippen LogP contribution in [0.2, 0.25) is 0 Å². The highest BCUT2D eigenvalue weighted by molar-refractivity contribution is 5.79. The van der Waals surface area contributed by atoms with Gasteiger partial charge in [0.15, 0.2) is 11.7 Å². The molecule has 136 valence electrons. The van der Waals surface area contributed by atoms with Crippen molar-refractivity contribution in [2.24, 2.45) is 4.99 Å². The maximum Gasteiger partial charge on any atom is 0.191 e. The zero-order valence-corrected chi connectivity index (χ0v) is 15.6. The molecule has 0 unspecified atom stereocenters. The molecule has 0 amide bonds. The van der Waals surface area contributed by atoms with E-state index in [9.17, 15) is 0 Å². The van der Waals surface area contributed by atoms with Crippen LogP contribution in [-0.4, -0.2) is 61.5 Å². The quantitative estimate of drug-likeness (QED) is 0.606. The number of nitrogens with one attached hydrogen (secondary N) is 2. The number of aliphatic imine (C=N–C) groups is 1. The molecule has 0 radical (unpaired) electrons. The molecule has 1 aromatic heterocycles. The molecule has 1 fully saturated rings. The molecule has 0 aromatic carbocycles. The summed E-state index contributed by atoms with van der Waals surface area (Å²) in [7, 11) is 1.77. The topological polar surface area (TPSA) is 74.9 Å². The summed E-state index contributed by atoms with van der Waals surface area (Å²) < 4.78 is 10.8. The average Bonchev–Trinajstić information content (AvgIpc) is 3.05. The van der Waals surface area contributed by atoms with Crippen molar-refractivity contribution in [3.63, 3.8) is 0 Å². The van der Waals surface area contributed by atoms with Crippen LogP contribution in [-0.2, 0) is 11.3 Å².